The van der Waals surface area contributed by atoms with Crippen molar-refractivity contribution in [3.63, 3.8) is 0 Å². The number of benzene rings is 1. The number of hydrogen-bond donors (Lipinski definition) is 1. The van der Waals surface area contributed by atoms with Gasteiger partial charge in [-0.2, -0.15) is 0 Å². The number of fused-ring (bicyclic) bond motifs is 1. The lowest BCUT2D eigenvalue weighted by Crippen LogP contribution is -2.22. The number of para-hydroxylation sites is 1. The van der Waals surface area contributed by atoms with Gasteiger partial charge in [0.2, 0.25) is 11.8 Å². The van der Waals surface area contributed by atoms with Gasteiger partial charge < -0.3 is 4.42 Å². The number of carbonyl (C=O) groups excluding carboxylic acids is 2. The lowest BCUT2D eigenvalue weighted by molar-refractivity contribution is -0.125. The Labute approximate surface area is 97.6 Å². The van der Waals surface area contributed by atoms with Crippen LogP contribution in [-0.4, -0.2) is 11.8 Å². The minimum atomic E-state index is -0.289. The molecule has 1 fully saturated rings. The Balaban J connectivity index is 1.85. The SMILES string of the molecule is O=C1CC(Cc2cc3ccccc3o2)C(=O)N1. The van der Waals surface area contributed by atoms with E-state index in [1.165, 1.54) is 0 Å². The second kappa shape index (κ2) is 3.73. The van der Waals surface area contributed by atoms with Crippen molar-refractivity contribution >= 4 is 22.8 Å². The summed E-state index contributed by atoms with van der Waals surface area (Å²) in [6, 6.07) is 9.61. The maximum Gasteiger partial charge on any atom is 0.230 e. The molecule has 2 amide bonds. The van der Waals surface area contributed by atoms with E-state index in [1.807, 2.05) is 30.3 Å². The van der Waals surface area contributed by atoms with E-state index in [1.54, 1.807) is 0 Å². The third kappa shape index (κ3) is 1.82. The van der Waals surface area contributed by atoms with Gasteiger partial charge in [0.1, 0.15) is 11.3 Å². The number of hydrogen-bond acceptors (Lipinski definition) is 3. The summed E-state index contributed by atoms with van der Waals surface area (Å²) < 4.78 is 5.62. The summed E-state index contributed by atoms with van der Waals surface area (Å²) >= 11 is 0. The lowest BCUT2D eigenvalue weighted by Gasteiger charge is -2.01. The largest absolute Gasteiger partial charge is 0.461 e. The smallest absolute Gasteiger partial charge is 0.230 e. The first kappa shape index (κ1) is 10.1. The summed E-state index contributed by atoms with van der Waals surface area (Å²) in [6.45, 7) is 0. The predicted molar refractivity (Wildman–Crippen MR) is 61.2 cm³/mol. The Bertz CT molecular complexity index is 566. The van der Waals surface area contributed by atoms with Crippen molar-refractivity contribution < 1.29 is 14.0 Å². The molecule has 0 spiro atoms. The zero-order valence-electron chi connectivity index (χ0n) is 9.10. The average Bonchev–Trinajstić information content (AvgIpc) is 2.82. The third-order valence-electron chi connectivity index (χ3n) is 2.99. The molecule has 1 atom stereocenters. The van der Waals surface area contributed by atoms with E-state index in [2.05, 4.69) is 5.32 Å². The Morgan fingerprint density at radius 3 is 2.82 bits per heavy atom. The van der Waals surface area contributed by atoms with Gasteiger partial charge in [-0.3, -0.25) is 14.9 Å². The fourth-order valence-corrected chi connectivity index (χ4v) is 2.15. The minimum absolute atomic E-state index is 0.198. The van der Waals surface area contributed by atoms with Crippen LogP contribution in [0.25, 0.3) is 11.0 Å². The van der Waals surface area contributed by atoms with Gasteiger partial charge in [0.05, 0.1) is 5.92 Å². The highest BCUT2D eigenvalue weighted by molar-refractivity contribution is 6.03. The maximum atomic E-state index is 11.4. The van der Waals surface area contributed by atoms with Gasteiger partial charge in [-0.05, 0) is 12.1 Å². The molecule has 4 heteroatoms. The van der Waals surface area contributed by atoms with Gasteiger partial charge in [-0.25, -0.2) is 0 Å². The summed E-state index contributed by atoms with van der Waals surface area (Å²) in [5.41, 5.74) is 0.812. The van der Waals surface area contributed by atoms with E-state index >= 15 is 0 Å². The van der Waals surface area contributed by atoms with Gasteiger partial charge in [0.25, 0.3) is 0 Å². The lowest BCUT2D eigenvalue weighted by atomic mass is 10.0. The molecular formula is C13H11NO3. The fourth-order valence-electron chi connectivity index (χ4n) is 2.15. The Morgan fingerprint density at radius 2 is 2.12 bits per heavy atom. The molecule has 1 aromatic carbocycles. The van der Waals surface area contributed by atoms with E-state index in [0.717, 1.165) is 16.7 Å². The van der Waals surface area contributed by atoms with Crippen LogP contribution in [0.3, 0.4) is 0 Å². The van der Waals surface area contributed by atoms with Gasteiger partial charge >= 0.3 is 0 Å². The van der Waals surface area contributed by atoms with E-state index in [-0.39, 0.29) is 24.2 Å². The summed E-state index contributed by atoms with van der Waals surface area (Å²) in [4.78, 5) is 22.5. The highest BCUT2D eigenvalue weighted by Crippen LogP contribution is 2.23. The number of furan rings is 1. The molecule has 2 aromatic rings. The molecule has 4 nitrogen and oxygen atoms in total. The van der Waals surface area contributed by atoms with E-state index in [9.17, 15) is 9.59 Å². The number of carbonyl (C=O) groups is 2. The molecule has 1 saturated heterocycles. The number of amides is 2. The predicted octanol–water partition coefficient (Wildman–Crippen LogP) is 1.64. The van der Waals surface area contributed by atoms with E-state index in [4.69, 9.17) is 4.42 Å². The van der Waals surface area contributed by atoms with Crippen molar-refractivity contribution in [2.45, 2.75) is 12.8 Å². The number of rotatable bonds is 2. The van der Waals surface area contributed by atoms with E-state index in [0.29, 0.717) is 6.42 Å². The summed E-state index contributed by atoms with van der Waals surface area (Å²) in [5, 5.41) is 3.32. The maximum absolute atomic E-state index is 11.4. The monoisotopic (exact) mass is 229 g/mol. The van der Waals surface area contributed by atoms with Gasteiger partial charge in [-0.15, -0.1) is 0 Å². The first-order valence-electron chi connectivity index (χ1n) is 5.53. The molecular weight excluding hydrogens is 218 g/mol. The second-order valence-electron chi connectivity index (χ2n) is 4.27. The van der Waals surface area contributed by atoms with Crippen molar-refractivity contribution in [2.24, 2.45) is 5.92 Å². The van der Waals surface area contributed by atoms with Crippen LogP contribution in [0.15, 0.2) is 34.7 Å². The average molecular weight is 229 g/mol. The van der Waals surface area contributed by atoms with Crippen molar-refractivity contribution in [3.05, 3.63) is 36.1 Å². The molecule has 1 aliphatic rings. The highest BCUT2D eigenvalue weighted by atomic mass is 16.3. The van der Waals surface area contributed by atoms with E-state index < -0.39 is 0 Å². The Morgan fingerprint density at radius 1 is 1.29 bits per heavy atom. The normalized spacial score (nSPS) is 19.9. The van der Waals surface area contributed by atoms with Gasteiger partial charge in [-0.1, -0.05) is 18.2 Å². The van der Waals surface area contributed by atoms with Crippen LogP contribution in [0.5, 0.6) is 0 Å². The molecule has 1 N–H and O–H groups in total. The first-order chi connectivity index (χ1) is 8.22. The van der Waals surface area contributed by atoms with Crippen LogP contribution < -0.4 is 5.32 Å². The Kier molecular flexibility index (Phi) is 2.21. The summed E-state index contributed by atoms with van der Waals surface area (Å²) in [5.74, 6) is 0.0654. The molecule has 1 aromatic heterocycles. The molecule has 0 saturated carbocycles. The molecule has 1 unspecified atom stereocenters. The number of imide groups is 1. The quantitative estimate of drug-likeness (QED) is 0.796. The molecule has 0 aliphatic carbocycles. The minimum Gasteiger partial charge on any atom is -0.461 e. The molecule has 0 bridgehead atoms. The van der Waals surface area contributed by atoms with Crippen LogP contribution in [-0.2, 0) is 16.0 Å². The van der Waals surface area contributed by atoms with Crippen LogP contribution in [0, 0.1) is 5.92 Å². The fraction of sp³-hybridized carbons (Fsp3) is 0.231. The zero-order valence-corrected chi connectivity index (χ0v) is 9.10. The zero-order chi connectivity index (χ0) is 11.8. The van der Waals surface area contributed by atoms with Crippen molar-refractivity contribution in [2.75, 3.05) is 0 Å². The molecule has 3 rings (SSSR count). The van der Waals surface area contributed by atoms with Crippen molar-refractivity contribution in [3.8, 4) is 0 Å². The van der Waals surface area contributed by atoms with Crippen LogP contribution in [0.1, 0.15) is 12.2 Å². The first-order valence-corrected chi connectivity index (χ1v) is 5.53. The summed E-state index contributed by atoms with van der Waals surface area (Å²) in [6.07, 6.45) is 0.738. The molecule has 1 aliphatic heterocycles. The van der Waals surface area contributed by atoms with Gasteiger partial charge in [0, 0.05) is 18.2 Å². The van der Waals surface area contributed by atoms with Crippen LogP contribution >= 0.6 is 0 Å². The molecule has 17 heavy (non-hydrogen) atoms. The second-order valence-corrected chi connectivity index (χ2v) is 4.27. The molecule has 0 radical (unpaired) electrons. The highest BCUT2D eigenvalue weighted by Gasteiger charge is 2.31. The van der Waals surface area contributed by atoms with Gasteiger partial charge in [0.15, 0.2) is 0 Å². The molecule has 2 heterocycles. The van der Waals surface area contributed by atoms with Crippen LogP contribution in [0.2, 0.25) is 0 Å². The van der Waals surface area contributed by atoms with Crippen LogP contribution in [0.4, 0.5) is 0 Å². The topological polar surface area (TPSA) is 59.3 Å². The van der Waals surface area contributed by atoms with Crippen molar-refractivity contribution in [1.29, 1.82) is 0 Å². The van der Waals surface area contributed by atoms with Crippen molar-refractivity contribution in [1.82, 2.24) is 5.32 Å². The number of nitrogens with one attached hydrogen (secondary N) is 1. The standard InChI is InChI=1S/C13H11NO3/c15-12-7-9(13(16)14-12)6-10-5-8-3-1-2-4-11(8)17-10/h1-5,9H,6-7H2,(H,14,15,16). The third-order valence-corrected chi connectivity index (χ3v) is 2.99. The Hall–Kier alpha value is -2.10. The summed E-state index contributed by atoms with van der Waals surface area (Å²) in [7, 11) is 0. The molecule has 86 valence electrons.